The van der Waals surface area contributed by atoms with E-state index < -0.39 is 24.2 Å². The minimum absolute atomic E-state index is 0.0203. The van der Waals surface area contributed by atoms with E-state index in [-0.39, 0.29) is 6.54 Å². The van der Waals surface area contributed by atoms with Crippen molar-refractivity contribution in [3.8, 4) is 0 Å². The van der Waals surface area contributed by atoms with Gasteiger partial charge in [0.25, 0.3) is 0 Å². The first-order valence-corrected chi connectivity index (χ1v) is 4.30. The highest BCUT2D eigenvalue weighted by molar-refractivity contribution is 5.77. The van der Waals surface area contributed by atoms with Gasteiger partial charge in [-0.1, -0.05) is 0 Å². The van der Waals surface area contributed by atoms with Gasteiger partial charge < -0.3 is 15.7 Å². The Morgan fingerprint density at radius 2 is 2.46 bits per heavy atom. The van der Waals surface area contributed by atoms with E-state index in [1.54, 1.807) is 0 Å². The summed E-state index contributed by atoms with van der Waals surface area (Å²) < 4.78 is 13.6. The summed E-state index contributed by atoms with van der Waals surface area (Å²) in [5.74, 6) is -0.434. The average molecular weight is 190 g/mol. The van der Waals surface area contributed by atoms with Crippen molar-refractivity contribution in [1.82, 2.24) is 4.90 Å². The third-order valence-electron chi connectivity index (χ3n) is 2.47. The molecule has 3 N–H and O–H groups in total. The number of nitrogens with two attached hydrogens (primary N) is 1. The quantitative estimate of drug-likeness (QED) is 0.572. The molecule has 1 saturated heterocycles. The molecular formula is C8H15FN2O2. The summed E-state index contributed by atoms with van der Waals surface area (Å²) in [4.78, 5) is 12.3. The van der Waals surface area contributed by atoms with Crippen LogP contribution in [0.3, 0.4) is 0 Å². The number of piperidine rings is 1. The van der Waals surface area contributed by atoms with E-state index in [4.69, 9.17) is 10.8 Å². The molecule has 1 amide bonds. The van der Waals surface area contributed by atoms with Crippen molar-refractivity contribution in [2.75, 3.05) is 19.7 Å². The fourth-order valence-corrected chi connectivity index (χ4v) is 1.48. The van der Waals surface area contributed by atoms with E-state index in [9.17, 15) is 9.18 Å². The Kier molecular flexibility index (Phi) is 2.87. The Morgan fingerprint density at radius 1 is 1.85 bits per heavy atom. The second kappa shape index (κ2) is 3.59. The second-order valence-electron chi connectivity index (χ2n) is 3.65. The molecule has 0 aliphatic carbocycles. The lowest BCUT2D eigenvalue weighted by Crippen LogP contribution is -2.57. The monoisotopic (exact) mass is 190 g/mol. The molecule has 1 fully saturated rings. The van der Waals surface area contributed by atoms with Crippen molar-refractivity contribution < 1.29 is 14.3 Å². The van der Waals surface area contributed by atoms with E-state index in [1.807, 2.05) is 0 Å². The highest BCUT2D eigenvalue weighted by Crippen LogP contribution is 2.23. The summed E-state index contributed by atoms with van der Waals surface area (Å²) in [6.07, 6.45) is 0.443. The summed E-state index contributed by atoms with van der Waals surface area (Å²) in [6.45, 7) is 1.23. The van der Waals surface area contributed by atoms with Crippen LogP contribution in [-0.2, 0) is 4.79 Å². The molecule has 0 aromatic heterocycles. The van der Waals surface area contributed by atoms with Gasteiger partial charge in [0.2, 0.25) is 5.91 Å². The Labute approximate surface area is 76.5 Å². The first-order valence-electron chi connectivity index (χ1n) is 4.30. The molecule has 0 bridgehead atoms. The number of rotatable bonds is 1. The molecule has 1 aliphatic heterocycles. The number of carbonyl (C=O) groups is 1. The zero-order chi connectivity index (χ0) is 10.1. The molecule has 2 atom stereocenters. The van der Waals surface area contributed by atoms with Crippen LogP contribution >= 0.6 is 0 Å². The van der Waals surface area contributed by atoms with E-state index in [2.05, 4.69) is 0 Å². The van der Waals surface area contributed by atoms with Crippen LogP contribution in [0.2, 0.25) is 0 Å². The Balaban J connectivity index is 2.60. The van der Waals surface area contributed by atoms with Crippen molar-refractivity contribution in [1.29, 1.82) is 0 Å². The normalized spacial score (nSPS) is 34.8. The molecule has 0 aromatic rings. The first kappa shape index (κ1) is 10.4. The van der Waals surface area contributed by atoms with Crippen LogP contribution in [0.5, 0.6) is 0 Å². The van der Waals surface area contributed by atoms with Gasteiger partial charge in [-0.2, -0.15) is 0 Å². The van der Waals surface area contributed by atoms with Gasteiger partial charge in [0, 0.05) is 12.6 Å². The third-order valence-corrected chi connectivity index (χ3v) is 2.47. The van der Waals surface area contributed by atoms with Crippen molar-refractivity contribution >= 4 is 5.91 Å². The van der Waals surface area contributed by atoms with Gasteiger partial charge >= 0.3 is 0 Å². The summed E-state index contributed by atoms with van der Waals surface area (Å²) >= 11 is 0. The summed E-state index contributed by atoms with van der Waals surface area (Å²) in [5, 5.41) is 8.58. The number of alkyl halides is 1. The highest BCUT2D eigenvalue weighted by Gasteiger charge is 2.38. The van der Waals surface area contributed by atoms with Crippen LogP contribution in [-0.4, -0.2) is 47.3 Å². The first-order chi connectivity index (χ1) is 5.97. The van der Waals surface area contributed by atoms with Gasteiger partial charge in [-0.05, 0) is 13.3 Å². The minimum atomic E-state index is -1.54. The van der Waals surface area contributed by atoms with Crippen LogP contribution < -0.4 is 5.73 Å². The third kappa shape index (κ3) is 2.16. The largest absolute Gasteiger partial charge is 0.387 e. The number of aliphatic hydroxyl groups excluding tert-OH is 1. The maximum Gasteiger partial charge on any atom is 0.248 e. The zero-order valence-corrected chi connectivity index (χ0v) is 7.66. The molecule has 1 heterocycles. The molecule has 0 aromatic carbocycles. The molecule has 4 nitrogen and oxygen atoms in total. The lowest BCUT2D eigenvalue weighted by atomic mass is 9.91. The molecule has 1 rings (SSSR count). The van der Waals surface area contributed by atoms with Gasteiger partial charge in [-0.15, -0.1) is 0 Å². The average Bonchev–Trinajstić information content (AvgIpc) is 2.08. The summed E-state index contributed by atoms with van der Waals surface area (Å²) in [5.41, 5.74) is 4.00. The molecule has 5 heteroatoms. The van der Waals surface area contributed by atoms with Gasteiger partial charge in [-0.3, -0.25) is 4.79 Å². The van der Waals surface area contributed by atoms with Crippen molar-refractivity contribution in [3.05, 3.63) is 0 Å². The number of carbonyl (C=O) groups excluding carboxylic acids is 1. The van der Waals surface area contributed by atoms with Crippen molar-refractivity contribution in [2.45, 2.75) is 25.1 Å². The van der Waals surface area contributed by atoms with Gasteiger partial charge in [-0.25, -0.2) is 4.39 Å². The van der Waals surface area contributed by atoms with Crippen LogP contribution in [0.15, 0.2) is 0 Å². The number of halogens is 1. The lowest BCUT2D eigenvalue weighted by Gasteiger charge is -2.39. The minimum Gasteiger partial charge on any atom is -0.387 e. The number of hydrogen-bond acceptors (Lipinski definition) is 3. The van der Waals surface area contributed by atoms with Crippen molar-refractivity contribution in [3.63, 3.8) is 0 Å². The van der Waals surface area contributed by atoms with Gasteiger partial charge in [0.15, 0.2) is 0 Å². The number of amides is 1. The Bertz CT molecular complexity index is 208. The number of likely N-dealkylation sites (tertiary alicyclic amines) is 1. The molecule has 13 heavy (non-hydrogen) atoms. The number of hydrogen-bond donors (Lipinski definition) is 2. The predicted molar refractivity (Wildman–Crippen MR) is 45.8 cm³/mol. The van der Waals surface area contributed by atoms with E-state index in [0.717, 1.165) is 0 Å². The second-order valence-corrected chi connectivity index (χ2v) is 3.65. The smallest absolute Gasteiger partial charge is 0.248 e. The molecular weight excluding hydrogens is 175 g/mol. The van der Waals surface area contributed by atoms with Crippen LogP contribution in [0.4, 0.5) is 4.39 Å². The fraction of sp³-hybridized carbons (Fsp3) is 0.875. The Morgan fingerprint density at radius 3 is 2.92 bits per heavy atom. The maximum absolute atomic E-state index is 13.6. The molecule has 2 unspecified atom stereocenters. The zero-order valence-electron chi connectivity index (χ0n) is 7.66. The molecule has 76 valence electrons. The van der Waals surface area contributed by atoms with E-state index in [1.165, 1.54) is 11.8 Å². The summed E-state index contributed by atoms with van der Waals surface area (Å²) in [7, 11) is 0. The topological polar surface area (TPSA) is 66.6 Å². The predicted octanol–water partition coefficient (Wildman–Crippen LogP) is -0.734. The highest BCUT2D eigenvalue weighted by atomic mass is 19.1. The molecule has 0 spiro atoms. The Hall–Kier alpha value is -0.680. The van der Waals surface area contributed by atoms with Crippen LogP contribution in [0.1, 0.15) is 13.3 Å². The van der Waals surface area contributed by atoms with E-state index in [0.29, 0.717) is 13.0 Å². The SMILES string of the molecule is CC1(F)CN(C(=O)CO)CCC1N. The van der Waals surface area contributed by atoms with E-state index >= 15 is 0 Å². The maximum atomic E-state index is 13.6. The standard InChI is InChI=1S/C8H15FN2O2/c1-8(9)5-11(7(13)4-12)3-2-6(8)10/h6,12H,2-5,10H2,1H3. The lowest BCUT2D eigenvalue weighted by molar-refractivity contribution is -0.138. The molecule has 0 radical (unpaired) electrons. The number of aliphatic hydroxyl groups is 1. The fourth-order valence-electron chi connectivity index (χ4n) is 1.48. The van der Waals surface area contributed by atoms with Crippen LogP contribution in [0, 0.1) is 0 Å². The van der Waals surface area contributed by atoms with Crippen LogP contribution in [0.25, 0.3) is 0 Å². The summed E-state index contributed by atoms with van der Waals surface area (Å²) in [6, 6.07) is -0.518. The molecule has 0 saturated carbocycles. The number of nitrogens with zero attached hydrogens (tertiary/aromatic N) is 1. The van der Waals surface area contributed by atoms with Gasteiger partial charge in [0.1, 0.15) is 12.3 Å². The van der Waals surface area contributed by atoms with Gasteiger partial charge in [0.05, 0.1) is 6.54 Å². The molecule has 1 aliphatic rings. The van der Waals surface area contributed by atoms with Crippen molar-refractivity contribution in [2.24, 2.45) is 5.73 Å².